The lowest BCUT2D eigenvalue weighted by Gasteiger charge is -2.31. The molecule has 2 aliphatic heterocycles. The van der Waals surface area contributed by atoms with Gasteiger partial charge < -0.3 is 20.5 Å². The first kappa shape index (κ1) is 25.0. The number of nitriles is 1. The summed E-state index contributed by atoms with van der Waals surface area (Å²) >= 11 is 0. The third-order valence-electron chi connectivity index (χ3n) is 5.35. The monoisotopic (exact) mass is 443 g/mol. The number of fused-ring (bicyclic) bond motifs is 1. The van der Waals surface area contributed by atoms with Gasteiger partial charge in [0.2, 0.25) is 0 Å². The number of nitrogens with zero attached hydrogens (tertiary/aromatic N) is 1. The molecule has 0 aliphatic carbocycles. The molecule has 2 aliphatic rings. The summed E-state index contributed by atoms with van der Waals surface area (Å²) in [6.07, 6.45) is 1.92. The topological polar surface area (TPSA) is 130 Å². The third kappa shape index (κ3) is 6.21. The van der Waals surface area contributed by atoms with Gasteiger partial charge in [-0.1, -0.05) is 6.07 Å². The lowest BCUT2D eigenvalue weighted by Crippen LogP contribution is -2.42. The van der Waals surface area contributed by atoms with E-state index in [-0.39, 0.29) is 36.1 Å². The molecule has 0 bridgehead atoms. The van der Waals surface area contributed by atoms with Crippen LogP contribution in [0.3, 0.4) is 0 Å². The molecule has 160 valence electrons. The number of hydrogen-bond donors (Lipinski definition) is 5. The lowest BCUT2D eigenvalue weighted by atomic mass is 9.78. The van der Waals surface area contributed by atoms with Crippen molar-refractivity contribution in [2.75, 3.05) is 26.2 Å². The zero-order chi connectivity index (χ0) is 19.3. The van der Waals surface area contributed by atoms with Gasteiger partial charge in [-0.2, -0.15) is 5.26 Å². The molecule has 1 unspecified atom stereocenters. The minimum Gasteiger partial charge on any atom is -0.494 e. The Kier molecular flexibility index (Phi) is 9.66. The highest BCUT2D eigenvalue weighted by atomic mass is 35.5. The Labute approximate surface area is 182 Å². The summed E-state index contributed by atoms with van der Waals surface area (Å²) in [7, 11) is 0. The summed E-state index contributed by atoms with van der Waals surface area (Å²) in [5, 5.41) is 35.0. The normalized spacial score (nSPS) is 19.3. The van der Waals surface area contributed by atoms with E-state index in [1.165, 1.54) is 0 Å². The molecule has 29 heavy (non-hydrogen) atoms. The highest BCUT2D eigenvalue weighted by molar-refractivity contribution is 5.97. The number of carbonyl (C=O) groups is 1. The second kappa shape index (κ2) is 11.2. The first-order valence-electron chi connectivity index (χ1n) is 9.22. The molecule has 1 atom stereocenters. The average molecular weight is 444 g/mol. The smallest absolute Gasteiger partial charge is 0.410 e. The van der Waals surface area contributed by atoms with Crippen molar-refractivity contribution in [3.63, 3.8) is 0 Å². The molecular formula is C19H27Cl2N5O3. The van der Waals surface area contributed by atoms with Crippen molar-refractivity contribution < 1.29 is 14.6 Å². The molecule has 8 nitrogen and oxygen atoms in total. The van der Waals surface area contributed by atoms with Gasteiger partial charge in [0.05, 0.1) is 24.1 Å². The molecule has 0 saturated carbocycles. The van der Waals surface area contributed by atoms with E-state index < -0.39 is 12.1 Å². The lowest BCUT2D eigenvalue weighted by molar-refractivity contribution is 0.199. The van der Waals surface area contributed by atoms with Crippen LogP contribution in [0.25, 0.3) is 0 Å². The summed E-state index contributed by atoms with van der Waals surface area (Å²) in [4.78, 5) is 10.8. The molecular weight excluding hydrogens is 417 g/mol. The van der Waals surface area contributed by atoms with Crippen molar-refractivity contribution in [1.29, 1.82) is 10.7 Å². The molecule has 1 saturated heterocycles. The molecule has 0 radical (unpaired) electrons. The molecule has 1 amide bonds. The van der Waals surface area contributed by atoms with Crippen molar-refractivity contribution in [1.82, 2.24) is 16.0 Å². The van der Waals surface area contributed by atoms with Crippen LogP contribution in [-0.4, -0.2) is 43.3 Å². The minimum atomic E-state index is -1.25. The highest BCUT2D eigenvalue weighted by Crippen LogP contribution is 2.32. The van der Waals surface area contributed by atoms with Gasteiger partial charge in [-0.25, -0.2) is 4.79 Å². The van der Waals surface area contributed by atoms with Crippen LogP contribution in [0.2, 0.25) is 0 Å². The van der Waals surface area contributed by atoms with Crippen molar-refractivity contribution in [2.45, 2.75) is 31.7 Å². The van der Waals surface area contributed by atoms with Gasteiger partial charge in [0.25, 0.3) is 0 Å². The van der Waals surface area contributed by atoms with Crippen molar-refractivity contribution in [2.24, 2.45) is 5.41 Å². The summed E-state index contributed by atoms with van der Waals surface area (Å²) in [6, 6.07) is 7.71. The first-order valence-corrected chi connectivity index (χ1v) is 9.22. The summed E-state index contributed by atoms with van der Waals surface area (Å²) in [6.45, 7) is 2.85. The van der Waals surface area contributed by atoms with E-state index in [2.05, 4.69) is 22.0 Å². The maximum absolute atomic E-state index is 10.8. The SMILES string of the molecule is Cl.Cl.N#CC1(CCOc2ccc3c(c2)C(C(=N)NC(=O)O)NCC3)CCNCC1. The molecule has 0 spiro atoms. The third-order valence-corrected chi connectivity index (χ3v) is 5.35. The van der Waals surface area contributed by atoms with E-state index >= 15 is 0 Å². The van der Waals surface area contributed by atoms with Crippen LogP contribution in [0.4, 0.5) is 4.79 Å². The molecule has 1 fully saturated rings. The second-order valence-electron chi connectivity index (χ2n) is 7.08. The second-order valence-corrected chi connectivity index (χ2v) is 7.08. The Morgan fingerprint density at radius 1 is 1.34 bits per heavy atom. The number of ether oxygens (including phenoxy) is 1. The molecule has 2 heterocycles. The molecule has 5 N–H and O–H groups in total. The zero-order valence-corrected chi connectivity index (χ0v) is 17.6. The Balaban J connectivity index is 0.00000210. The molecule has 1 aromatic carbocycles. The number of carboxylic acid groups (broad SMARTS) is 1. The van der Waals surface area contributed by atoms with E-state index in [1.807, 2.05) is 18.2 Å². The van der Waals surface area contributed by atoms with E-state index in [4.69, 9.17) is 15.3 Å². The zero-order valence-electron chi connectivity index (χ0n) is 16.0. The standard InChI is InChI=1S/C19H25N5O3.2ClH/c20-12-19(4-8-22-9-5-19)6-10-27-14-2-1-13-3-7-23-16(15(13)11-14)17(21)24-18(25)26;;/h1-2,11,16,22-23H,3-10H2,(H2,21,24)(H,25,26);2*1H. The maximum atomic E-state index is 10.8. The van der Waals surface area contributed by atoms with E-state index in [0.717, 1.165) is 43.5 Å². The Morgan fingerprint density at radius 2 is 2.07 bits per heavy atom. The highest BCUT2D eigenvalue weighted by Gasteiger charge is 2.32. The van der Waals surface area contributed by atoms with Gasteiger partial charge in [-0.3, -0.25) is 10.7 Å². The fourth-order valence-corrected chi connectivity index (χ4v) is 3.75. The van der Waals surface area contributed by atoms with Crippen molar-refractivity contribution >= 4 is 36.7 Å². The van der Waals surface area contributed by atoms with Gasteiger partial charge in [0.15, 0.2) is 0 Å². The van der Waals surface area contributed by atoms with Gasteiger partial charge in [-0.05, 0) is 55.6 Å². The average Bonchev–Trinajstić information content (AvgIpc) is 2.67. The van der Waals surface area contributed by atoms with Gasteiger partial charge in [0.1, 0.15) is 11.6 Å². The summed E-state index contributed by atoms with van der Waals surface area (Å²) in [5.41, 5.74) is 1.61. The number of piperidine rings is 1. The van der Waals surface area contributed by atoms with Crippen molar-refractivity contribution in [3.05, 3.63) is 29.3 Å². The predicted octanol–water partition coefficient (Wildman–Crippen LogP) is 2.62. The fourth-order valence-electron chi connectivity index (χ4n) is 3.75. The summed E-state index contributed by atoms with van der Waals surface area (Å²) in [5.74, 6) is 0.575. The van der Waals surface area contributed by atoms with Crippen LogP contribution in [-0.2, 0) is 6.42 Å². The Bertz CT molecular complexity index is 763. The number of halogens is 2. The quantitative estimate of drug-likeness (QED) is 0.351. The molecule has 10 heteroatoms. The maximum Gasteiger partial charge on any atom is 0.410 e. The number of nitrogens with one attached hydrogen (secondary N) is 4. The Hall–Kier alpha value is -2.05. The van der Waals surface area contributed by atoms with Crippen LogP contribution >= 0.6 is 24.8 Å². The molecule has 1 aromatic rings. The summed E-state index contributed by atoms with van der Waals surface area (Å²) < 4.78 is 5.90. The van der Waals surface area contributed by atoms with E-state index in [0.29, 0.717) is 25.3 Å². The van der Waals surface area contributed by atoms with Crippen LogP contribution in [0, 0.1) is 22.2 Å². The van der Waals surface area contributed by atoms with Crippen LogP contribution in [0.5, 0.6) is 5.75 Å². The van der Waals surface area contributed by atoms with Gasteiger partial charge >= 0.3 is 6.09 Å². The number of amides is 1. The first-order chi connectivity index (χ1) is 13.0. The van der Waals surface area contributed by atoms with Crippen LogP contribution in [0.1, 0.15) is 36.4 Å². The Morgan fingerprint density at radius 3 is 2.72 bits per heavy atom. The van der Waals surface area contributed by atoms with E-state index in [1.54, 1.807) is 0 Å². The van der Waals surface area contributed by atoms with Crippen molar-refractivity contribution in [3.8, 4) is 11.8 Å². The van der Waals surface area contributed by atoms with Gasteiger partial charge in [-0.15, -0.1) is 24.8 Å². The fraction of sp³-hybridized carbons (Fsp3) is 0.526. The molecule has 0 aromatic heterocycles. The number of amidine groups is 1. The van der Waals surface area contributed by atoms with E-state index in [9.17, 15) is 10.1 Å². The predicted molar refractivity (Wildman–Crippen MR) is 115 cm³/mol. The van der Waals surface area contributed by atoms with Crippen LogP contribution in [0.15, 0.2) is 18.2 Å². The van der Waals surface area contributed by atoms with Gasteiger partial charge in [0, 0.05) is 13.0 Å². The number of rotatable bonds is 5. The molecule has 3 rings (SSSR count). The number of hydrogen-bond acceptors (Lipinski definition) is 6. The number of benzene rings is 1. The minimum absolute atomic E-state index is 0. The van der Waals surface area contributed by atoms with Crippen LogP contribution < -0.4 is 20.7 Å². The largest absolute Gasteiger partial charge is 0.494 e.